The lowest BCUT2D eigenvalue weighted by atomic mass is 10.2. The van der Waals surface area contributed by atoms with E-state index in [9.17, 15) is 0 Å². The molecule has 3 heteroatoms. The maximum Gasteiger partial charge on any atom is 0.142 e. The predicted octanol–water partition coefficient (Wildman–Crippen LogP) is 3.40. The van der Waals surface area contributed by atoms with E-state index < -0.39 is 0 Å². The lowest BCUT2D eigenvalue weighted by molar-refractivity contribution is 0.301. The van der Waals surface area contributed by atoms with Gasteiger partial charge in [0.2, 0.25) is 0 Å². The van der Waals surface area contributed by atoms with Gasteiger partial charge in [-0.1, -0.05) is 33.6 Å². The van der Waals surface area contributed by atoms with Crippen molar-refractivity contribution in [3.8, 4) is 5.75 Å². The number of unbranched alkanes of at least 4 members (excludes halogenated alkanes) is 2. The second kappa shape index (κ2) is 8.92. The van der Waals surface area contributed by atoms with Gasteiger partial charge in [0.25, 0.3) is 0 Å². The molecule has 0 fully saturated rings. The highest BCUT2D eigenvalue weighted by Gasteiger charge is 2.03. The van der Waals surface area contributed by atoms with Gasteiger partial charge in [-0.3, -0.25) is 4.98 Å². The Morgan fingerprint density at radius 2 is 2.17 bits per heavy atom. The molecule has 0 radical (unpaired) electrons. The Balaban J connectivity index is 2.40. The minimum absolute atomic E-state index is 0.667. The van der Waals surface area contributed by atoms with Crippen LogP contribution >= 0.6 is 0 Å². The van der Waals surface area contributed by atoms with Gasteiger partial charge >= 0.3 is 0 Å². The average molecular weight is 250 g/mol. The third kappa shape index (κ3) is 6.01. The number of pyridine rings is 1. The number of nitrogens with zero attached hydrogens (tertiary/aromatic N) is 1. The maximum absolute atomic E-state index is 5.79. The van der Waals surface area contributed by atoms with Crippen molar-refractivity contribution in [2.45, 2.75) is 46.6 Å². The van der Waals surface area contributed by atoms with Crippen molar-refractivity contribution in [3.63, 3.8) is 0 Å². The molecule has 1 heterocycles. The monoisotopic (exact) mass is 250 g/mol. The first-order chi connectivity index (χ1) is 8.74. The van der Waals surface area contributed by atoms with Crippen molar-refractivity contribution in [1.82, 2.24) is 10.3 Å². The van der Waals surface area contributed by atoms with Crippen molar-refractivity contribution in [2.75, 3.05) is 13.2 Å². The second-order valence-corrected chi connectivity index (χ2v) is 5.06. The van der Waals surface area contributed by atoms with Gasteiger partial charge in [0.05, 0.1) is 12.8 Å². The SMILES string of the molecule is CCCCCOc1cnccc1CNCC(C)C. The van der Waals surface area contributed by atoms with E-state index >= 15 is 0 Å². The Labute approximate surface area is 111 Å². The zero-order chi connectivity index (χ0) is 13.2. The summed E-state index contributed by atoms with van der Waals surface area (Å²) in [6, 6.07) is 2.03. The molecule has 1 rings (SSSR count). The number of hydrogen-bond acceptors (Lipinski definition) is 3. The number of aromatic nitrogens is 1. The van der Waals surface area contributed by atoms with Crippen LogP contribution in [0.4, 0.5) is 0 Å². The average Bonchev–Trinajstić information content (AvgIpc) is 2.36. The molecule has 0 spiro atoms. The number of rotatable bonds is 9. The fourth-order valence-corrected chi connectivity index (χ4v) is 1.71. The molecule has 0 saturated heterocycles. The highest BCUT2D eigenvalue weighted by Crippen LogP contribution is 2.16. The van der Waals surface area contributed by atoms with Crippen LogP contribution in [-0.2, 0) is 6.54 Å². The van der Waals surface area contributed by atoms with E-state index in [4.69, 9.17) is 4.74 Å². The Morgan fingerprint density at radius 1 is 1.33 bits per heavy atom. The molecule has 18 heavy (non-hydrogen) atoms. The first kappa shape index (κ1) is 15.0. The van der Waals surface area contributed by atoms with Gasteiger partial charge in [-0.15, -0.1) is 0 Å². The summed E-state index contributed by atoms with van der Waals surface area (Å²) in [5, 5.41) is 3.44. The standard InChI is InChI=1S/C15H26N2O/c1-4-5-6-9-18-15-12-16-8-7-14(15)11-17-10-13(2)3/h7-8,12-13,17H,4-6,9-11H2,1-3H3. The van der Waals surface area contributed by atoms with Crippen molar-refractivity contribution in [2.24, 2.45) is 5.92 Å². The molecule has 1 N–H and O–H groups in total. The summed E-state index contributed by atoms with van der Waals surface area (Å²) in [6.07, 6.45) is 7.20. The van der Waals surface area contributed by atoms with E-state index in [2.05, 4.69) is 31.1 Å². The largest absolute Gasteiger partial charge is 0.492 e. The zero-order valence-corrected chi connectivity index (χ0v) is 11.9. The normalized spacial score (nSPS) is 10.9. The van der Waals surface area contributed by atoms with Crippen LogP contribution in [-0.4, -0.2) is 18.1 Å². The first-order valence-corrected chi connectivity index (χ1v) is 7.00. The number of ether oxygens (including phenoxy) is 1. The van der Waals surface area contributed by atoms with Crippen LogP contribution in [0, 0.1) is 5.92 Å². The molecule has 0 atom stereocenters. The minimum Gasteiger partial charge on any atom is -0.492 e. The Hall–Kier alpha value is -1.09. The van der Waals surface area contributed by atoms with Gasteiger partial charge in [-0.05, 0) is 24.9 Å². The van der Waals surface area contributed by atoms with Crippen LogP contribution < -0.4 is 10.1 Å². The van der Waals surface area contributed by atoms with Crippen molar-refractivity contribution in [3.05, 3.63) is 24.0 Å². The van der Waals surface area contributed by atoms with Gasteiger partial charge in [-0.2, -0.15) is 0 Å². The molecule has 102 valence electrons. The van der Waals surface area contributed by atoms with Crippen molar-refractivity contribution >= 4 is 0 Å². The van der Waals surface area contributed by atoms with Crippen LogP contribution in [0.1, 0.15) is 45.6 Å². The van der Waals surface area contributed by atoms with Gasteiger partial charge in [-0.25, -0.2) is 0 Å². The summed E-state index contributed by atoms with van der Waals surface area (Å²) in [6.45, 7) is 9.28. The van der Waals surface area contributed by atoms with Gasteiger partial charge < -0.3 is 10.1 Å². The van der Waals surface area contributed by atoms with E-state index in [1.165, 1.54) is 18.4 Å². The lowest BCUT2D eigenvalue weighted by Crippen LogP contribution is -2.19. The van der Waals surface area contributed by atoms with Crippen LogP contribution in [0.3, 0.4) is 0 Å². The summed E-state index contributed by atoms with van der Waals surface area (Å²) < 4.78 is 5.79. The molecular formula is C15H26N2O. The van der Waals surface area contributed by atoms with Crippen LogP contribution in [0.25, 0.3) is 0 Å². The molecule has 0 unspecified atom stereocenters. The maximum atomic E-state index is 5.79. The Kier molecular flexibility index (Phi) is 7.42. The third-order valence-electron chi connectivity index (χ3n) is 2.74. The van der Waals surface area contributed by atoms with Crippen LogP contribution in [0.15, 0.2) is 18.5 Å². The van der Waals surface area contributed by atoms with Gasteiger partial charge in [0.15, 0.2) is 0 Å². The Morgan fingerprint density at radius 3 is 2.89 bits per heavy atom. The second-order valence-electron chi connectivity index (χ2n) is 5.06. The van der Waals surface area contributed by atoms with Crippen LogP contribution in [0.2, 0.25) is 0 Å². The lowest BCUT2D eigenvalue weighted by Gasteiger charge is -2.12. The zero-order valence-electron chi connectivity index (χ0n) is 11.9. The minimum atomic E-state index is 0.667. The summed E-state index contributed by atoms with van der Waals surface area (Å²) >= 11 is 0. The molecular weight excluding hydrogens is 224 g/mol. The third-order valence-corrected chi connectivity index (χ3v) is 2.74. The van der Waals surface area contributed by atoms with Gasteiger partial charge in [0.1, 0.15) is 5.75 Å². The van der Waals surface area contributed by atoms with Crippen molar-refractivity contribution in [1.29, 1.82) is 0 Å². The molecule has 0 aromatic carbocycles. The van der Waals surface area contributed by atoms with E-state index in [1.807, 2.05) is 18.5 Å². The fraction of sp³-hybridized carbons (Fsp3) is 0.667. The first-order valence-electron chi connectivity index (χ1n) is 7.00. The Bertz CT molecular complexity index is 326. The molecule has 0 saturated carbocycles. The van der Waals surface area contributed by atoms with Crippen LogP contribution in [0.5, 0.6) is 5.75 Å². The fourth-order valence-electron chi connectivity index (χ4n) is 1.71. The van der Waals surface area contributed by atoms with E-state index in [1.54, 1.807) is 0 Å². The molecule has 1 aromatic rings. The quantitative estimate of drug-likeness (QED) is 0.682. The molecule has 1 aromatic heterocycles. The highest BCUT2D eigenvalue weighted by atomic mass is 16.5. The summed E-state index contributed by atoms with van der Waals surface area (Å²) in [5.41, 5.74) is 1.20. The van der Waals surface area contributed by atoms with E-state index in [-0.39, 0.29) is 0 Å². The molecule has 0 bridgehead atoms. The summed E-state index contributed by atoms with van der Waals surface area (Å²) in [5.74, 6) is 1.59. The smallest absolute Gasteiger partial charge is 0.142 e. The van der Waals surface area contributed by atoms with Gasteiger partial charge in [0, 0.05) is 18.3 Å². The number of nitrogens with one attached hydrogen (secondary N) is 1. The predicted molar refractivity (Wildman–Crippen MR) is 75.8 cm³/mol. The number of hydrogen-bond donors (Lipinski definition) is 1. The molecule has 0 aliphatic rings. The summed E-state index contributed by atoms with van der Waals surface area (Å²) in [7, 11) is 0. The molecule has 0 aliphatic heterocycles. The van der Waals surface area contributed by atoms with E-state index in [0.717, 1.165) is 31.9 Å². The molecule has 0 aliphatic carbocycles. The van der Waals surface area contributed by atoms with Crippen molar-refractivity contribution < 1.29 is 4.74 Å². The molecule has 0 amide bonds. The molecule has 3 nitrogen and oxygen atoms in total. The summed E-state index contributed by atoms with van der Waals surface area (Å²) in [4.78, 5) is 4.13. The topological polar surface area (TPSA) is 34.1 Å². The van der Waals surface area contributed by atoms with E-state index in [0.29, 0.717) is 5.92 Å². The highest BCUT2D eigenvalue weighted by molar-refractivity contribution is 5.29.